The first-order valence-corrected chi connectivity index (χ1v) is 6.98. The molecule has 5 nitrogen and oxygen atoms in total. The first-order valence-electron chi connectivity index (χ1n) is 6.98. The monoisotopic (exact) mass is 248 g/mol. The van der Waals surface area contributed by atoms with Crippen LogP contribution in [0.4, 0.5) is 0 Å². The molecule has 0 radical (unpaired) electrons. The van der Waals surface area contributed by atoms with Crippen molar-refractivity contribution in [3.8, 4) is 0 Å². The van der Waals surface area contributed by atoms with E-state index < -0.39 is 0 Å². The summed E-state index contributed by atoms with van der Waals surface area (Å²) in [6.45, 7) is 2.05. The van der Waals surface area contributed by atoms with E-state index in [2.05, 4.69) is 15.6 Å². The molecule has 3 rings (SSSR count). The zero-order valence-corrected chi connectivity index (χ0v) is 10.6. The Hall–Kier alpha value is -1.23. The zero-order valence-electron chi connectivity index (χ0n) is 10.6. The standard InChI is InChI=1S/C13H20N4O/c18-13(8-10-2-1-3-10)12-9-17(16-15-12)11-4-6-14-7-5-11/h9-11,14H,1-8H2. The number of hydrogen-bond acceptors (Lipinski definition) is 4. The molecule has 18 heavy (non-hydrogen) atoms. The van der Waals surface area contributed by atoms with Crippen molar-refractivity contribution in [3.05, 3.63) is 11.9 Å². The maximum atomic E-state index is 12.0. The lowest BCUT2D eigenvalue weighted by Crippen LogP contribution is -2.29. The molecule has 2 fully saturated rings. The molecule has 2 heterocycles. The predicted octanol–water partition coefficient (Wildman–Crippen LogP) is 1.58. The SMILES string of the molecule is O=C(CC1CCC1)c1cn(C2CCNCC2)nn1. The summed E-state index contributed by atoms with van der Waals surface area (Å²) in [6.07, 6.45) is 8.32. The van der Waals surface area contributed by atoms with Crippen LogP contribution in [0.5, 0.6) is 0 Å². The lowest BCUT2D eigenvalue weighted by Gasteiger charge is -2.23. The van der Waals surface area contributed by atoms with Crippen LogP contribution in [0.2, 0.25) is 0 Å². The number of nitrogens with zero attached hydrogens (tertiary/aromatic N) is 3. The second kappa shape index (κ2) is 5.18. The Labute approximate surface area is 107 Å². The molecule has 1 aromatic rings. The van der Waals surface area contributed by atoms with Crippen molar-refractivity contribution >= 4 is 5.78 Å². The Morgan fingerprint density at radius 1 is 1.33 bits per heavy atom. The van der Waals surface area contributed by atoms with Crippen molar-refractivity contribution in [3.63, 3.8) is 0 Å². The van der Waals surface area contributed by atoms with Gasteiger partial charge in [0, 0.05) is 6.42 Å². The number of carbonyl (C=O) groups excluding carboxylic acids is 1. The van der Waals surface area contributed by atoms with Gasteiger partial charge in [-0.15, -0.1) is 5.10 Å². The maximum absolute atomic E-state index is 12.0. The summed E-state index contributed by atoms with van der Waals surface area (Å²) < 4.78 is 1.88. The average molecular weight is 248 g/mol. The molecule has 0 spiro atoms. The number of aromatic nitrogens is 3. The van der Waals surface area contributed by atoms with Crippen molar-refractivity contribution in [1.29, 1.82) is 0 Å². The molecule has 0 atom stereocenters. The van der Waals surface area contributed by atoms with E-state index in [0.717, 1.165) is 25.9 Å². The van der Waals surface area contributed by atoms with Crippen molar-refractivity contribution in [2.45, 2.75) is 44.6 Å². The topological polar surface area (TPSA) is 59.8 Å². The smallest absolute Gasteiger partial charge is 0.184 e. The third-order valence-corrected chi connectivity index (χ3v) is 4.18. The quantitative estimate of drug-likeness (QED) is 0.822. The molecule has 1 N–H and O–H groups in total. The Kier molecular flexibility index (Phi) is 3.41. The third-order valence-electron chi connectivity index (χ3n) is 4.18. The van der Waals surface area contributed by atoms with E-state index in [1.165, 1.54) is 19.3 Å². The van der Waals surface area contributed by atoms with E-state index in [9.17, 15) is 4.79 Å². The van der Waals surface area contributed by atoms with Crippen molar-refractivity contribution in [2.75, 3.05) is 13.1 Å². The minimum atomic E-state index is 0.167. The van der Waals surface area contributed by atoms with Crippen LogP contribution in [0.25, 0.3) is 0 Å². The van der Waals surface area contributed by atoms with Crippen LogP contribution in [-0.4, -0.2) is 33.9 Å². The largest absolute Gasteiger partial charge is 0.317 e. The molecule has 2 aliphatic rings. The lowest BCUT2D eigenvalue weighted by molar-refractivity contribution is 0.0931. The minimum absolute atomic E-state index is 0.167. The minimum Gasteiger partial charge on any atom is -0.317 e. The van der Waals surface area contributed by atoms with Crippen molar-refractivity contribution < 1.29 is 4.79 Å². The molecule has 1 saturated carbocycles. The summed E-state index contributed by atoms with van der Waals surface area (Å²) in [7, 11) is 0. The second-order valence-corrected chi connectivity index (χ2v) is 5.49. The number of hydrogen-bond donors (Lipinski definition) is 1. The summed E-state index contributed by atoms with van der Waals surface area (Å²) in [4.78, 5) is 12.0. The first kappa shape index (κ1) is 11.8. The highest BCUT2D eigenvalue weighted by Crippen LogP contribution is 2.30. The second-order valence-electron chi connectivity index (χ2n) is 5.49. The van der Waals surface area contributed by atoms with Gasteiger partial charge in [0.1, 0.15) is 5.69 Å². The van der Waals surface area contributed by atoms with Gasteiger partial charge in [0.05, 0.1) is 12.2 Å². The molecular formula is C13H20N4O. The molecule has 1 aliphatic carbocycles. The van der Waals surface area contributed by atoms with E-state index in [1.807, 2.05) is 10.9 Å². The Morgan fingerprint density at radius 3 is 2.78 bits per heavy atom. The van der Waals surface area contributed by atoms with E-state index in [-0.39, 0.29) is 5.78 Å². The van der Waals surface area contributed by atoms with Gasteiger partial charge in [-0.2, -0.15) is 0 Å². The highest BCUT2D eigenvalue weighted by molar-refractivity contribution is 5.94. The fraction of sp³-hybridized carbons (Fsp3) is 0.769. The molecule has 5 heteroatoms. The normalized spacial score (nSPS) is 21.8. The lowest BCUT2D eigenvalue weighted by atomic mass is 9.81. The fourth-order valence-electron chi connectivity index (χ4n) is 2.72. The van der Waals surface area contributed by atoms with Crippen molar-refractivity contribution in [2.24, 2.45) is 5.92 Å². The highest BCUT2D eigenvalue weighted by atomic mass is 16.1. The number of piperidine rings is 1. The van der Waals surface area contributed by atoms with E-state index >= 15 is 0 Å². The molecular weight excluding hydrogens is 228 g/mol. The van der Waals surface area contributed by atoms with Gasteiger partial charge in [-0.1, -0.05) is 24.5 Å². The van der Waals surface area contributed by atoms with Crippen LogP contribution in [0, 0.1) is 5.92 Å². The van der Waals surface area contributed by atoms with Crippen LogP contribution < -0.4 is 5.32 Å². The number of nitrogens with one attached hydrogen (secondary N) is 1. The Bertz CT molecular complexity index is 418. The number of Topliss-reactive ketones (excluding diaryl/α,β-unsaturated/α-hetero) is 1. The predicted molar refractivity (Wildman–Crippen MR) is 67.5 cm³/mol. The van der Waals surface area contributed by atoms with Gasteiger partial charge in [0.15, 0.2) is 5.78 Å². The van der Waals surface area contributed by atoms with Crippen LogP contribution >= 0.6 is 0 Å². The van der Waals surface area contributed by atoms with Gasteiger partial charge in [-0.25, -0.2) is 4.68 Å². The van der Waals surface area contributed by atoms with Crippen LogP contribution in [0.15, 0.2) is 6.20 Å². The molecule has 0 amide bonds. The first-order chi connectivity index (χ1) is 8.83. The molecule has 1 aliphatic heterocycles. The Morgan fingerprint density at radius 2 is 2.11 bits per heavy atom. The third kappa shape index (κ3) is 2.46. The fourth-order valence-corrected chi connectivity index (χ4v) is 2.72. The van der Waals surface area contributed by atoms with Gasteiger partial charge < -0.3 is 5.32 Å². The summed E-state index contributed by atoms with van der Waals surface area (Å²) in [6, 6.07) is 0.406. The van der Waals surface area contributed by atoms with E-state index in [1.54, 1.807) is 0 Å². The van der Waals surface area contributed by atoms with Crippen LogP contribution in [0.3, 0.4) is 0 Å². The molecule has 98 valence electrons. The van der Waals surface area contributed by atoms with Gasteiger partial charge in [-0.3, -0.25) is 4.79 Å². The van der Waals surface area contributed by atoms with E-state index in [0.29, 0.717) is 24.1 Å². The molecule has 0 aromatic carbocycles. The average Bonchev–Trinajstić information content (AvgIpc) is 2.84. The van der Waals surface area contributed by atoms with Gasteiger partial charge in [-0.05, 0) is 31.8 Å². The van der Waals surface area contributed by atoms with Crippen LogP contribution in [-0.2, 0) is 0 Å². The summed E-state index contributed by atoms with van der Waals surface area (Å²) in [5.41, 5.74) is 0.556. The molecule has 1 aromatic heterocycles. The van der Waals surface area contributed by atoms with E-state index in [4.69, 9.17) is 0 Å². The number of carbonyl (C=O) groups is 1. The van der Waals surface area contributed by atoms with Crippen LogP contribution in [0.1, 0.15) is 55.1 Å². The maximum Gasteiger partial charge on any atom is 0.184 e. The highest BCUT2D eigenvalue weighted by Gasteiger charge is 2.24. The summed E-state index contributed by atoms with van der Waals surface area (Å²) in [5, 5.41) is 11.5. The number of rotatable bonds is 4. The Balaban J connectivity index is 1.62. The summed E-state index contributed by atoms with van der Waals surface area (Å²) in [5.74, 6) is 0.765. The zero-order chi connectivity index (χ0) is 12.4. The van der Waals surface area contributed by atoms with Crippen molar-refractivity contribution in [1.82, 2.24) is 20.3 Å². The van der Waals surface area contributed by atoms with Gasteiger partial charge in [0.2, 0.25) is 0 Å². The molecule has 0 bridgehead atoms. The number of ketones is 1. The van der Waals surface area contributed by atoms with Gasteiger partial charge in [0.25, 0.3) is 0 Å². The summed E-state index contributed by atoms with van der Waals surface area (Å²) >= 11 is 0. The van der Waals surface area contributed by atoms with Gasteiger partial charge >= 0.3 is 0 Å². The molecule has 1 saturated heterocycles. The molecule has 0 unspecified atom stereocenters.